The molecule has 4 aromatic heterocycles. The number of aromatic nitrogens is 5. The molecule has 1 aliphatic heterocycles. The molecule has 8 nitrogen and oxygen atoms in total. The van der Waals surface area contributed by atoms with Crippen LogP contribution in [0.25, 0.3) is 21.1 Å². The van der Waals surface area contributed by atoms with Crippen LogP contribution in [0.1, 0.15) is 18.9 Å². The Morgan fingerprint density at radius 1 is 0.892 bits per heavy atom. The molecule has 3 N–H and O–H groups in total. The van der Waals surface area contributed by atoms with Gasteiger partial charge >= 0.3 is 0 Å². The van der Waals surface area contributed by atoms with Gasteiger partial charge in [-0.1, -0.05) is 0 Å². The lowest BCUT2D eigenvalue weighted by Crippen LogP contribution is -2.34. The summed E-state index contributed by atoms with van der Waals surface area (Å²) in [5.41, 5.74) is 5.09. The van der Waals surface area contributed by atoms with Gasteiger partial charge in [-0.25, -0.2) is 4.98 Å². The maximum atomic E-state index is 4.82. The van der Waals surface area contributed by atoms with Gasteiger partial charge in [0.15, 0.2) is 5.82 Å². The quantitative estimate of drug-likeness (QED) is 0.233. The minimum atomic E-state index is 0.568. The molecule has 1 saturated heterocycles. The van der Waals surface area contributed by atoms with E-state index in [1.54, 1.807) is 11.3 Å². The number of thiophene rings is 1. The van der Waals surface area contributed by atoms with Gasteiger partial charge < -0.3 is 20.1 Å². The first-order valence-electron chi connectivity index (χ1n) is 12.5. The highest BCUT2D eigenvalue weighted by Gasteiger charge is 2.20. The van der Waals surface area contributed by atoms with Crippen molar-refractivity contribution in [1.29, 1.82) is 0 Å². The van der Waals surface area contributed by atoms with Crippen molar-refractivity contribution >= 4 is 61.3 Å². The van der Waals surface area contributed by atoms with Crippen LogP contribution in [0.15, 0.2) is 84.6 Å². The third-order valence-corrected chi connectivity index (χ3v) is 7.92. The first kappa shape index (κ1) is 21.9. The minimum absolute atomic E-state index is 0.568. The Morgan fingerprint density at radius 2 is 1.70 bits per heavy atom. The first-order valence-corrected chi connectivity index (χ1v) is 13.4. The third kappa shape index (κ3) is 4.38. The molecule has 0 spiro atoms. The van der Waals surface area contributed by atoms with E-state index < -0.39 is 0 Å². The molecular formula is C28H26N8S. The maximum Gasteiger partial charge on any atom is 0.229 e. The Kier molecular flexibility index (Phi) is 5.47. The molecule has 6 aromatic rings. The van der Waals surface area contributed by atoms with Crippen molar-refractivity contribution in [2.24, 2.45) is 0 Å². The van der Waals surface area contributed by atoms with Crippen LogP contribution < -0.4 is 15.5 Å². The lowest BCUT2D eigenvalue weighted by Gasteiger charge is -2.34. The van der Waals surface area contributed by atoms with Gasteiger partial charge in [-0.05, 0) is 78.9 Å². The summed E-state index contributed by atoms with van der Waals surface area (Å²) in [5.74, 6) is 1.35. The molecule has 0 radical (unpaired) electrons. The van der Waals surface area contributed by atoms with Crippen molar-refractivity contribution < 1.29 is 0 Å². The van der Waals surface area contributed by atoms with Gasteiger partial charge in [0.2, 0.25) is 5.95 Å². The Morgan fingerprint density at radius 3 is 2.54 bits per heavy atom. The number of aromatic amines is 1. The van der Waals surface area contributed by atoms with Gasteiger partial charge in [0, 0.05) is 54.0 Å². The number of fused-ring (bicyclic) bond motifs is 2. The van der Waals surface area contributed by atoms with Gasteiger partial charge in [-0.3, -0.25) is 5.10 Å². The molecule has 7 rings (SSSR count). The molecule has 0 aliphatic carbocycles. The summed E-state index contributed by atoms with van der Waals surface area (Å²) in [6, 6.07) is 21.5. The Balaban J connectivity index is 1.07. The molecule has 0 unspecified atom stereocenters. The molecule has 184 valence electrons. The van der Waals surface area contributed by atoms with Gasteiger partial charge in [0.25, 0.3) is 0 Å². The number of anilines is 5. The van der Waals surface area contributed by atoms with Gasteiger partial charge in [0.1, 0.15) is 0 Å². The van der Waals surface area contributed by atoms with E-state index in [9.17, 15) is 0 Å². The van der Waals surface area contributed by atoms with Gasteiger partial charge in [0.05, 0.1) is 21.9 Å². The molecule has 0 amide bonds. The zero-order valence-corrected chi connectivity index (χ0v) is 20.9. The van der Waals surface area contributed by atoms with Crippen LogP contribution in [0.3, 0.4) is 0 Å². The summed E-state index contributed by atoms with van der Waals surface area (Å²) in [5, 5.41) is 17.1. The van der Waals surface area contributed by atoms with Crippen LogP contribution in [0.4, 0.5) is 28.8 Å². The van der Waals surface area contributed by atoms with Crippen molar-refractivity contribution in [3.8, 4) is 0 Å². The normalized spacial score (nSPS) is 14.4. The fourth-order valence-electron chi connectivity index (χ4n) is 5.06. The highest BCUT2D eigenvalue weighted by atomic mass is 32.1. The molecule has 0 atom stereocenters. The molecular weight excluding hydrogens is 480 g/mol. The van der Waals surface area contributed by atoms with E-state index in [1.807, 2.05) is 29.8 Å². The van der Waals surface area contributed by atoms with Crippen LogP contribution in [0.2, 0.25) is 0 Å². The predicted molar refractivity (Wildman–Crippen MR) is 151 cm³/mol. The fraction of sp³-hybridized carbons (Fsp3) is 0.179. The van der Waals surface area contributed by atoms with Crippen LogP contribution in [-0.4, -0.2) is 37.8 Å². The fourth-order valence-corrected chi connectivity index (χ4v) is 5.84. The Labute approximate surface area is 218 Å². The summed E-state index contributed by atoms with van der Waals surface area (Å²) in [6.45, 7) is 2.13. The largest absolute Gasteiger partial charge is 0.371 e. The molecule has 0 saturated carbocycles. The highest BCUT2D eigenvalue weighted by molar-refractivity contribution is 7.17. The average Bonchev–Trinajstić information content (AvgIpc) is 3.71. The summed E-state index contributed by atoms with van der Waals surface area (Å²) in [4.78, 5) is 12.0. The molecule has 37 heavy (non-hydrogen) atoms. The predicted octanol–water partition coefficient (Wildman–Crippen LogP) is 6.70. The number of hydrogen-bond acceptors (Lipinski definition) is 7. The number of nitrogens with one attached hydrogen (secondary N) is 3. The van der Waals surface area contributed by atoms with E-state index in [2.05, 4.69) is 85.2 Å². The standard InChI is InChI=1S/C28H26N8S/c1-2-13-35(12-1)23-9-14-36(15-10-23)22-6-3-20(4-7-22)31-28-32-25-11-16-37-26(25)27(33-28)30-21-5-8-24-19(17-21)18-29-34-24/h1-8,11-13,16-18,23H,9-10,14-15H2,(H,29,34)(H2,30,31,32,33). The van der Waals surface area contributed by atoms with Crippen molar-refractivity contribution in [3.63, 3.8) is 0 Å². The van der Waals surface area contributed by atoms with Crippen LogP contribution >= 0.6 is 11.3 Å². The molecule has 1 fully saturated rings. The zero-order chi connectivity index (χ0) is 24.6. The van der Waals surface area contributed by atoms with Crippen LogP contribution in [0.5, 0.6) is 0 Å². The number of piperidine rings is 1. The summed E-state index contributed by atoms with van der Waals surface area (Å²) in [7, 11) is 0. The van der Waals surface area contributed by atoms with E-state index in [4.69, 9.17) is 9.97 Å². The molecule has 9 heteroatoms. The second-order valence-corrected chi connectivity index (χ2v) is 10.3. The van der Waals surface area contributed by atoms with E-state index in [-0.39, 0.29) is 0 Å². The molecule has 0 bridgehead atoms. The number of benzene rings is 2. The first-order chi connectivity index (χ1) is 18.3. The summed E-state index contributed by atoms with van der Waals surface area (Å²) >= 11 is 1.63. The minimum Gasteiger partial charge on any atom is -0.371 e. The Hall–Kier alpha value is -4.37. The second kappa shape index (κ2) is 9.25. The van der Waals surface area contributed by atoms with E-state index >= 15 is 0 Å². The smallest absolute Gasteiger partial charge is 0.229 e. The summed E-state index contributed by atoms with van der Waals surface area (Å²) < 4.78 is 3.37. The Bertz CT molecular complexity index is 1640. The third-order valence-electron chi connectivity index (χ3n) is 7.01. The van der Waals surface area contributed by atoms with E-state index in [1.165, 1.54) is 5.69 Å². The molecule has 1 aliphatic rings. The maximum absolute atomic E-state index is 4.82. The van der Waals surface area contributed by atoms with Crippen molar-refractivity contribution in [2.45, 2.75) is 18.9 Å². The summed E-state index contributed by atoms with van der Waals surface area (Å²) in [6.07, 6.45) is 8.49. The van der Waals surface area contributed by atoms with Crippen molar-refractivity contribution in [2.75, 3.05) is 28.6 Å². The van der Waals surface area contributed by atoms with Gasteiger partial charge in [-0.2, -0.15) is 10.1 Å². The van der Waals surface area contributed by atoms with Crippen molar-refractivity contribution in [1.82, 2.24) is 24.7 Å². The van der Waals surface area contributed by atoms with Gasteiger partial charge in [-0.15, -0.1) is 11.3 Å². The topological polar surface area (TPSA) is 86.7 Å². The lowest BCUT2D eigenvalue weighted by molar-refractivity contribution is 0.397. The van der Waals surface area contributed by atoms with Crippen LogP contribution in [0, 0.1) is 0 Å². The molecule has 5 heterocycles. The number of rotatable bonds is 6. The number of H-pyrrole nitrogens is 1. The highest BCUT2D eigenvalue weighted by Crippen LogP contribution is 2.32. The monoisotopic (exact) mass is 506 g/mol. The number of nitrogens with zero attached hydrogens (tertiary/aromatic N) is 5. The van der Waals surface area contributed by atoms with E-state index in [0.29, 0.717) is 12.0 Å². The lowest BCUT2D eigenvalue weighted by atomic mass is 10.0. The zero-order valence-electron chi connectivity index (χ0n) is 20.1. The number of hydrogen-bond donors (Lipinski definition) is 3. The average molecular weight is 507 g/mol. The van der Waals surface area contributed by atoms with Crippen molar-refractivity contribution in [3.05, 3.63) is 84.6 Å². The van der Waals surface area contributed by atoms with E-state index in [0.717, 1.165) is 64.2 Å². The molecule has 2 aromatic carbocycles. The van der Waals surface area contributed by atoms with Crippen LogP contribution in [-0.2, 0) is 0 Å². The second-order valence-electron chi connectivity index (χ2n) is 9.35. The SMILES string of the molecule is c1ccn(C2CCN(c3ccc(Nc4nc(Nc5ccc6[nH]ncc6c5)c5sccc5n4)cc3)CC2)c1.